The third-order valence-electron chi connectivity index (χ3n) is 5.29. The average Bonchev–Trinajstić information content (AvgIpc) is 3.29. The molecular weight excluding hydrogens is 380 g/mol. The number of fused-ring (bicyclic) bond motifs is 1. The Hall–Kier alpha value is -3.03. The van der Waals surface area contributed by atoms with Gasteiger partial charge in [-0.1, -0.05) is 12.1 Å². The van der Waals surface area contributed by atoms with Crippen LogP contribution in [0.25, 0.3) is 10.9 Å². The van der Waals surface area contributed by atoms with Crippen molar-refractivity contribution < 1.29 is 18.0 Å². The first-order valence-electron chi connectivity index (χ1n) is 9.52. The average molecular weight is 401 g/mol. The van der Waals surface area contributed by atoms with Gasteiger partial charge in [0.2, 0.25) is 0 Å². The zero-order valence-corrected chi connectivity index (χ0v) is 16.2. The standard InChI is InChI=1S/C21H21F2N3O3/c1-12-10-15(13(2)29-12)21(28)25-9-5-8-17(25)19-24-16-7-4-3-6-14(16)20(27)26(19)11-18(22)23/h3-4,6-7,10,17-18H,5,8-9,11H2,1-2H3. The number of aryl methyl sites for hydroxylation is 2. The van der Waals surface area contributed by atoms with Crippen LogP contribution < -0.4 is 5.56 Å². The molecule has 2 aromatic heterocycles. The molecule has 1 atom stereocenters. The molecule has 0 spiro atoms. The monoisotopic (exact) mass is 401 g/mol. The molecule has 1 aliphatic heterocycles. The van der Waals surface area contributed by atoms with Crippen LogP contribution >= 0.6 is 0 Å². The molecule has 0 bridgehead atoms. The molecule has 1 aromatic carbocycles. The zero-order chi connectivity index (χ0) is 20.7. The SMILES string of the molecule is Cc1cc(C(=O)N2CCCC2c2nc3ccccc3c(=O)n2CC(F)F)c(C)o1. The summed E-state index contributed by atoms with van der Waals surface area (Å²) in [5, 5.41) is 0.286. The van der Waals surface area contributed by atoms with Crippen LogP contribution in [-0.2, 0) is 6.54 Å². The van der Waals surface area contributed by atoms with Gasteiger partial charge < -0.3 is 9.32 Å². The lowest BCUT2D eigenvalue weighted by Crippen LogP contribution is -2.36. The highest BCUT2D eigenvalue weighted by Crippen LogP contribution is 2.33. The van der Waals surface area contributed by atoms with Gasteiger partial charge in [0.15, 0.2) is 0 Å². The fourth-order valence-electron chi connectivity index (χ4n) is 4.03. The lowest BCUT2D eigenvalue weighted by Gasteiger charge is -2.26. The van der Waals surface area contributed by atoms with Crippen LogP contribution in [-0.4, -0.2) is 33.3 Å². The van der Waals surface area contributed by atoms with E-state index in [9.17, 15) is 18.4 Å². The molecule has 0 radical (unpaired) electrons. The number of amides is 1. The molecule has 1 amide bonds. The Morgan fingerprint density at radius 1 is 1.31 bits per heavy atom. The lowest BCUT2D eigenvalue weighted by atomic mass is 10.1. The van der Waals surface area contributed by atoms with E-state index in [0.717, 1.165) is 4.57 Å². The number of para-hydroxylation sites is 1. The summed E-state index contributed by atoms with van der Waals surface area (Å²) in [5.41, 5.74) is 0.367. The van der Waals surface area contributed by atoms with Crippen molar-refractivity contribution in [3.63, 3.8) is 0 Å². The maximum absolute atomic E-state index is 13.3. The van der Waals surface area contributed by atoms with Gasteiger partial charge in [-0.15, -0.1) is 0 Å². The molecule has 29 heavy (non-hydrogen) atoms. The third-order valence-corrected chi connectivity index (χ3v) is 5.29. The van der Waals surface area contributed by atoms with Crippen LogP contribution in [0.15, 0.2) is 39.5 Å². The van der Waals surface area contributed by atoms with Crippen LogP contribution in [0, 0.1) is 13.8 Å². The van der Waals surface area contributed by atoms with Gasteiger partial charge in [0.05, 0.1) is 29.1 Å². The largest absolute Gasteiger partial charge is 0.466 e. The third kappa shape index (κ3) is 3.43. The van der Waals surface area contributed by atoms with Crippen molar-refractivity contribution in [3.8, 4) is 0 Å². The van der Waals surface area contributed by atoms with Crippen LogP contribution in [0.4, 0.5) is 8.78 Å². The van der Waals surface area contributed by atoms with Gasteiger partial charge >= 0.3 is 0 Å². The van der Waals surface area contributed by atoms with Gasteiger partial charge in [-0.05, 0) is 44.9 Å². The number of hydrogen-bond acceptors (Lipinski definition) is 4. The second-order valence-electron chi connectivity index (χ2n) is 7.28. The molecule has 6 nitrogen and oxygen atoms in total. The van der Waals surface area contributed by atoms with Crippen molar-refractivity contribution in [2.45, 2.75) is 45.7 Å². The first kappa shape index (κ1) is 19.3. The van der Waals surface area contributed by atoms with Crippen LogP contribution in [0.1, 0.15) is 46.6 Å². The number of rotatable bonds is 4. The van der Waals surface area contributed by atoms with Crippen molar-refractivity contribution in [1.82, 2.24) is 14.5 Å². The Morgan fingerprint density at radius 3 is 2.76 bits per heavy atom. The highest BCUT2D eigenvalue weighted by molar-refractivity contribution is 5.95. The van der Waals surface area contributed by atoms with Crippen LogP contribution in [0.2, 0.25) is 0 Å². The first-order valence-corrected chi connectivity index (χ1v) is 9.52. The van der Waals surface area contributed by atoms with Crippen molar-refractivity contribution in [2.75, 3.05) is 6.54 Å². The number of halogens is 2. The van der Waals surface area contributed by atoms with Crippen molar-refractivity contribution in [1.29, 1.82) is 0 Å². The number of aromatic nitrogens is 2. The number of likely N-dealkylation sites (tertiary alicyclic amines) is 1. The minimum atomic E-state index is -2.71. The van der Waals surface area contributed by atoms with E-state index >= 15 is 0 Å². The maximum atomic E-state index is 13.3. The molecule has 4 rings (SSSR count). The van der Waals surface area contributed by atoms with Crippen molar-refractivity contribution >= 4 is 16.8 Å². The Morgan fingerprint density at radius 2 is 2.07 bits per heavy atom. The molecule has 3 heterocycles. The topological polar surface area (TPSA) is 68.3 Å². The smallest absolute Gasteiger partial charge is 0.261 e. The molecule has 0 aliphatic carbocycles. The molecule has 1 saturated heterocycles. The van der Waals surface area contributed by atoms with Crippen LogP contribution in [0.3, 0.4) is 0 Å². The van der Waals surface area contributed by atoms with E-state index in [2.05, 4.69) is 4.98 Å². The number of benzene rings is 1. The van der Waals surface area contributed by atoms with Gasteiger partial charge in [0.1, 0.15) is 17.3 Å². The number of carbonyl (C=O) groups excluding carboxylic acids is 1. The molecule has 152 valence electrons. The quantitative estimate of drug-likeness (QED) is 0.666. The van der Waals surface area contributed by atoms with E-state index in [1.165, 1.54) is 0 Å². The van der Waals surface area contributed by atoms with Crippen molar-refractivity contribution in [3.05, 3.63) is 63.6 Å². The molecule has 1 unspecified atom stereocenters. The Labute approximate surface area is 165 Å². The number of alkyl halides is 2. The zero-order valence-electron chi connectivity index (χ0n) is 16.2. The van der Waals surface area contributed by atoms with E-state index in [-0.39, 0.29) is 17.1 Å². The second-order valence-corrected chi connectivity index (χ2v) is 7.28. The summed E-state index contributed by atoms with van der Waals surface area (Å²) in [6.45, 7) is 3.18. The van der Waals surface area contributed by atoms with E-state index in [1.807, 2.05) is 0 Å². The summed E-state index contributed by atoms with van der Waals surface area (Å²) in [4.78, 5) is 32.2. The highest BCUT2D eigenvalue weighted by Gasteiger charge is 2.35. The summed E-state index contributed by atoms with van der Waals surface area (Å²) in [6, 6.07) is 7.79. The molecule has 0 saturated carbocycles. The predicted octanol–water partition coefficient (Wildman–Crippen LogP) is 3.85. The Balaban J connectivity index is 1.83. The van der Waals surface area contributed by atoms with E-state index in [4.69, 9.17) is 4.42 Å². The number of nitrogens with zero attached hydrogens (tertiary/aromatic N) is 3. The van der Waals surface area contributed by atoms with Gasteiger partial charge in [0, 0.05) is 6.54 Å². The highest BCUT2D eigenvalue weighted by atomic mass is 19.3. The number of carbonyl (C=O) groups is 1. The molecule has 3 aromatic rings. The normalized spacial score (nSPS) is 16.9. The molecule has 8 heteroatoms. The van der Waals surface area contributed by atoms with E-state index < -0.39 is 24.6 Å². The minimum absolute atomic E-state index is 0.206. The van der Waals surface area contributed by atoms with Crippen LogP contribution in [0.5, 0.6) is 0 Å². The van der Waals surface area contributed by atoms with Gasteiger partial charge in [-0.3, -0.25) is 14.2 Å². The summed E-state index contributed by atoms with van der Waals surface area (Å²) in [7, 11) is 0. The predicted molar refractivity (Wildman–Crippen MR) is 103 cm³/mol. The summed E-state index contributed by atoms with van der Waals surface area (Å²) >= 11 is 0. The Kier molecular flexibility index (Phi) is 4.94. The summed E-state index contributed by atoms with van der Waals surface area (Å²) < 4.78 is 33.0. The van der Waals surface area contributed by atoms with E-state index in [1.54, 1.807) is 49.1 Å². The van der Waals surface area contributed by atoms with Gasteiger partial charge in [-0.25, -0.2) is 13.8 Å². The molecule has 1 aliphatic rings. The lowest BCUT2D eigenvalue weighted by molar-refractivity contribution is 0.0719. The molecule has 0 N–H and O–H groups in total. The number of furan rings is 1. The molecular formula is C21H21F2N3O3. The van der Waals surface area contributed by atoms with Gasteiger partial charge in [-0.2, -0.15) is 0 Å². The second kappa shape index (κ2) is 7.42. The first-order chi connectivity index (χ1) is 13.9. The fraction of sp³-hybridized carbons (Fsp3) is 0.381. The number of hydrogen-bond donors (Lipinski definition) is 0. The van der Waals surface area contributed by atoms with E-state index in [0.29, 0.717) is 42.0 Å². The maximum Gasteiger partial charge on any atom is 0.261 e. The minimum Gasteiger partial charge on any atom is -0.466 e. The summed E-state index contributed by atoms with van der Waals surface area (Å²) in [6.07, 6.45) is -1.46. The van der Waals surface area contributed by atoms with Gasteiger partial charge in [0.25, 0.3) is 17.9 Å². The molecule has 1 fully saturated rings. The fourth-order valence-corrected chi connectivity index (χ4v) is 4.03. The Bertz CT molecular complexity index is 1140. The summed E-state index contributed by atoms with van der Waals surface area (Å²) in [5.74, 6) is 1.10. The van der Waals surface area contributed by atoms with Crippen molar-refractivity contribution in [2.24, 2.45) is 0 Å².